The van der Waals surface area contributed by atoms with E-state index in [4.69, 9.17) is 14.2 Å². The number of aryl methyl sites for hydroxylation is 1. The van der Waals surface area contributed by atoms with Gasteiger partial charge in [-0.2, -0.15) is 0 Å². The summed E-state index contributed by atoms with van der Waals surface area (Å²) in [5, 5.41) is 3.36. The molecule has 0 heterocycles. The Labute approximate surface area is 128 Å². The molecule has 0 aliphatic heterocycles. The molecule has 1 rings (SSSR count). The summed E-state index contributed by atoms with van der Waals surface area (Å²) in [6.45, 7) is 8.72. The molecule has 1 atom stereocenters. The summed E-state index contributed by atoms with van der Waals surface area (Å²) < 4.78 is 16.4. The van der Waals surface area contributed by atoms with E-state index in [1.165, 1.54) is 11.1 Å². The van der Waals surface area contributed by atoms with Gasteiger partial charge in [0, 0.05) is 26.9 Å². The van der Waals surface area contributed by atoms with Crippen molar-refractivity contribution in [1.82, 2.24) is 5.32 Å². The molecule has 0 saturated carbocycles. The summed E-state index contributed by atoms with van der Waals surface area (Å²) >= 11 is 0. The molecule has 4 heteroatoms. The van der Waals surface area contributed by atoms with E-state index in [2.05, 4.69) is 43.4 Å². The zero-order valence-corrected chi connectivity index (χ0v) is 13.6. The van der Waals surface area contributed by atoms with Crippen LogP contribution in [0.4, 0.5) is 0 Å². The molecular formula is C17H29NO3. The largest absolute Gasteiger partial charge is 0.382 e. The van der Waals surface area contributed by atoms with Gasteiger partial charge in [0.25, 0.3) is 0 Å². The third-order valence-corrected chi connectivity index (χ3v) is 3.18. The molecule has 21 heavy (non-hydrogen) atoms. The van der Waals surface area contributed by atoms with Crippen LogP contribution in [0.1, 0.15) is 30.6 Å². The van der Waals surface area contributed by atoms with Gasteiger partial charge in [0.15, 0.2) is 0 Å². The Morgan fingerprint density at radius 3 is 2.71 bits per heavy atom. The smallest absolute Gasteiger partial charge is 0.0949 e. The van der Waals surface area contributed by atoms with Crippen LogP contribution >= 0.6 is 0 Å². The summed E-state index contributed by atoms with van der Waals surface area (Å²) in [4.78, 5) is 0. The standard InChI is InChI=1S/C17H29NO3/c1-4-18-14-17(16-8-5-7-15(2)13-16)21-10-6-9-20-12-11-19-3/h5,7-8,13,17-18H,4,6,9-12,14H2,1-3H3. The molecule has 1 unspecified atom stereocenters. The lowest BCUT2D eigenvalue weighted by molar-refractivity contribution is 0.0231. The molecule has 1 aromatic rings. The van der Waals surface area contributed by atoms with Gasteiger partial charge < -0.3 is 19.5 Å². The molecule has 0 spiro atoms. The summed E-state index contributed by atoms with van der Waals surface area (Å²) in [7, 11) is 1.68. The maximum atomic E-state index is 6.02. The first-order valence-electron chi connectivity index (χ1n) is 7.73. The van der Waals surface area contributed by atoms with Crippen molar-refractivity contribution in [2.75, 3.05) is 46.6 Å². The number of methoxy groups -OCH3 is 1. The monoisotopic (exact) mass is 295 g/mol. The Balaban J connectivity index is 2.33. The van der Waals surface area contributed by atoms with Crippen molar-refractivity contribution in [3.05, 3.63) is 35.4 Å². The number of hydrogen-bond donors (Lipinski definition) is 1. The lowest BCUT2D eigenvalue weighted by atomic mass is 10.1. The van der Waals surface area contributed by atoms with Crippen LogP contribution in [0.3, 0.4) is 0 Å². The quantitative estimate of drug-likeness (QED) is 0.602. The molecule has 0 saturated heterocycles. The molecule has 0 radical (unpaired) electrons. The molecular weight excluding hydrogens is 266 g/mol. The maximum Gasteiger partial charge on any atom is 0.0949 e. The van der Waals surface area contributed by atoms with Gasteiger partial charge in [0.1, 0.15) is 0 Å². The van der Waals surface area contributed by atoms with Gasteiger partial charge in [-0.15, -0.1) is 0 Å². The molecule has 0 amide bonds. The molecule has 4 nitrogen and oxygen atoms in total. The fourth-order valence-electron chi connectivity index (χ4n) is 2.05. The van der Waals surface area contributed by atoms with E-state index in [9.17, 15) is 0 Å². The van der Waals surface area contributed by atoms with Crippen molar-refractivity contribution in [2.24, 2.45) is 0 Å². The second-order valence-corrected chi connectivity index (χ2v) is 5.04. The van der Waals surface area contributed by atoms with Crippen LogP contribution in [0.2, 0.25) is 0 Å². The fourth-order valence-corrected chi connectivity index (χ4v) is 2.05. The Bertz CT molecular complexity index is 371. The van der Waals surface area contributed by atoms with Crippen LogP contribution in [-0.2, 0) is 14.2 Å². The Kier molecular flexibility index (Phi) is 10.1. The van der Waals surface area contributed by atoms with Gasteiger partial charge in [-0.25, -0.2) is 0 Å². The van der Waals surface area contributed by atoms with E-state index in [1.54, 1.807) is 7.11 Å². The van der Waals surface area contributed by atoms with E-state index in [0.717, 1.165) is 19.5 Å². The minimum absolute atomic E-state index is 0.101. The number of nitrogens with one attached hydrogen (secondary N) is 1. The predicted molar refractivity (Wildman–Crippen MR) is 85.7 cm³/mol. The summed E-state index contributed by atoms with van der Waals surface area (Å²) in [5.41, 5.74) is 2.50. The summed E-state index contributed by atoms with van der Waals surface area (Å²) in [6.07, 6.45) is 1.00. The third kappa shape index (κ3) is 8.17. The van der Waals surface area contributed by atoms with Crippen molar-refractivity contribution in [2.45, 2.75) is 26.4 Å². The molecule has 0 aromatic heterocycles. The number of ether oxygens (including phenoxy) is 3. The van der Waals surface area contributed by atoms with Gasteiger partial charge in [-0.3, -0.25) is 0 Å². The molecule has 1 N–H and O–H groups in total. The van der Waals surface area contributed by atoms with Crippen molar-refractivity contribution >= 4 is 0 Å². The SMILES string of the molecule is CCNCC(OCCCOCCOC)c1cccc(C)c1. The van der Waals surface area contributed by atoms with E-state index in [0.29, 0.717) is 26.4 Å². The van der Waals surface area contributed by atoms with E-state index >= 15 is 0 Å². The second kappa shape index (κ2) is 11.7. The number of likely N-dealkylation sites (N-methyl/N-ethyl adjacent to an activating group) is 1. The average molecular weight is 295 g/mol. The van der Waals surface area contributed by atoms with E-state index in [1.807, 2.05) is 0 Å². The van der Waals surface area contributed by atoms with Crippen molar-refractivity contribution in [3.63, 3.8) is 0 Å². The van der Waals surface area contributed by atoms with E-state index in [-0.39, 0.29) is 6.10 Å². The van der Waals surface area contributed by atoms with Gasteiger partial charge in [0.2, 0.25) is 0 Å². The van der Waals surface area contributed by atoms with Gasteiger partial charge in [0.05, 0.1) is 19.3 Å². The number of hydrogen-bond acceptors (Lipinski definition) is 4. The average Bonchev–Trinajstić information content (AvgIpc) is 2.49. The molecule has 120 valence electrons. The molecule has 1 aromatic carbocycles. The summed E-state index contributed by atoms with van der Waals surface area (Å²) in [6, 6.07) is 8.51. The number of benzene rings is 1. The summed E-state index contributed by atoms with van der Waals surface area (Å²) in [5.74, 6) is 0. The Hall–Kier alpha value is -0.940. The maximum absolute atomic E-state index is 6.02. The first-order valence-corrected chi connectivity index (χ1v) is 7.73. The second-order valence-electron chi connectivity index (χ2n) is 5.04. The molecule has 0 fully saturated rings. The minimum Gasteiger partial charge on any atom is -0.382 e. The van der Waals surface area contributed by atoms with Gasteiger partial charge in [-0.1, -0.05) is 36.8 Å². The predicted octanol–water partition coefficient (Wildman–Crippen LogP) is 2.72. The highest BCUT2D eigenvalue weighted by Crippen LogP contribution is 2.18. The van der Waals surface area contributed by atoms with Crippen molar-refractivity contribution in [1.29, 1.82) is 0 Å². The molecule has 0 bridgehead atoms. The molecule has 0 aliphatic rings. The lowest BCUT2D eigenvalue weighted by Gasteiger charge is -2.19. The first-order chi connectivity index (χ1) is 10.3. The van der Waals surface area contributed by atoms with Gasteiger partial charge in [-0.05, 0) is 25.5 Å². The Morgan fingerprint density at radius 2 is 2.00 bits per heavy atom. The van der Waals surface area contributed by atoms with Gasteiger partial charge >= 0.3 is 0 Å². The zero-order valence-electron chi connectivity index (χ0n) is 13.6. The van der Waals surface area contributed by atoms with E-state index < -0.39 is 0 Å². The third-order valence-electron chi connectivity index (χ3n) is 3.18. The molecule has 0 aliphatic carbocycles. The van der Waals surface area contributed by atoms with Crippen LogP contribution in [0.5, 0.6) is 0 Å². The topological polar surface area (TPSA) is 39.7 Å². The highest BCUT2D eigenvalue weighted by molar-refractivity contribution is 5.24. The van der Waals surface area contributed by atoms with Crippen molar-refractivity contribution in [3.8, 4) is 0 Å². The van der Waals surface area contributed by atoms with Crippen LogP contribution in [-0.4, -0.2) is 46.6 Å². The highest BCUT2D eigenvalue weighted by Gasteiger charge is 2.11. The first kappa shape index (κ1) is 18.1. The van der Waals surface area contributed by atoms with Crippen LogP contribution in [0.15, 0.2) is 24.3 Å². The minimum atomic E-state index is 0.101. The lowest BCUT2D eigenvalue weighted by Crippen LogP contribution is -2.23. The number of rotatable bonds is 12. The Morgan fingerprint density at radius 1 is 1.14 bits per heavy atom. The fraction of sp³-hybridized carbons (Fsp3) is 0.647. The normalized spacial score (nSPS) is 12.5. The van der Waals surface area contributed by atoms with Crippen LogP contribution < -0.4 is 5.32 Å². The van der Waals surface area contributed by atoms with Crippen molar-refractivity contribution < 1.29 is 14.2 Å². The van der Waals surface area contributed by atoms with Crippen LogP contribution in [0, 0.1) is 6.92 Å². The highest BCUT2D eigenvalue weighted by atomic mass is 16.5. The zero-order chi connectivity index (χ0) is 15.3. The van der Waals surface area contributed by atoms with Crippen LogP contribution in [0.25, 0.3) is 0 Å².